The van der Waals surface area contributed by atoms with Crippen molar-refractivity contribution in [2.24, 2.45) is 16.3 Å². The first kappa shape index (κ1) is 15.1. The van der Waals surface area contributed by atoms with Gasteiger partial charge in [0, 0.05) is 37.6 Å². The normalized spacial score (nSPS) is 34.6. The smallest absolute Gasteiger partial charge is 0.191 e. The van der Waals surface area contributed by atoms with E-state index >= 15 is 0 Å². The van der Waals surface area contributed by atoms with E-state index in [9.17, 15) is 0 Å². The number of rotatable bonds is 3. The molecule has 5 heteroatoms. The third-order valence-electron chi connectivity index (χ3n) is 4.97. The molecule has 1 saturated heterocycles. The molecule has 3 unspecified atom stereocenters. The molecule has 2 aliphatic carbocycles. The lowest BCUT2D eigenvalue weighted by atomic mass is 9.46. The van der Waals surface area contributed by atoms with Gasteiger partial charge < -0.3 is 15.4 Å². The van der Waals surface area contributed by atoms with Crippen molar-refractivity contribution in [3.8, 4) is 0 Å². The van der Waals surface area contributed by atoms with Crippen LogP contribution in [-0.2, 0) is 4.74 Å². The lowest BCUT2D eigenvalue weighted by molar-refractivity contribution is -0.171. The molecule has 0 aromatic heterocycles. The van der Waals surface area contributed by atoms with Gasteiger partial charge in [0.1, 0.15) is 0 Å². The molecule has 3 atom stereocenters. The predicted octanol–water partition coefficient (Wildman–Crippen LogP) is 1.91. The molecule has 0 aromatic carbocycles. The average Bonchev–Trinajstić information content (AvgIpc) is 2.73. The van der Waals surface area contributed by atoms with Crippen LogP contribution in [0.4, 0.5) is 0 Å². The summed E-state index contributed by atoms with van der Waals surface area (Å²) in [6, 6.07) is 0.551. The Morgan fingerprint density at radius 1 is 1.53 bits per heavy atom. The number of hydrogen-bond acceptors (Lipinski definition) is 2. The van der Waals surface area contributed by atoms with E-state index in [2.05, 4.69) is 22.2 Å². The standard InChI is InChI=1S/C14H23N3O.HI/c1-3-8-16-13(15-2)17-11-10-5-9-18-12(10)14(11)6-4-7-14;/h3,10-12H,1,4-9H2,2H3,(H2,15,16,17);1H. The SMILES string of the molecule is C=CCNC(=NC)NC1C2CCOC2C12CCC2.I. The minimum atomic E-state index is 0. The van der Waals surface area contributed by atoms with E-state index in [4.69, 9.17) is 4.74 Å². The summed E-state index contributed by atoms with van der Waals surface area (Å²) in [5.41, 5.74) is 0.410. The number of nitrogens with zero attached hydrogens (tertiary/aromatic N) is 1. The zero-order valence-corrected chi connectivity index (χ0v) is 13.9. The van der Waals surface area contributed by atoms with Gasteiger partial charge in [-0.25, -0.2) is 0 Å². The molecule has 108 valence electrons. The maximum Gasteiger partial charge on any atom is 0.191 e. The van der Waals surface area contributed by atoms with Crippen molar-refractivity contribution in [1.82, 2.24) is 10.6 Å². The van der Waals surface area contributed by atoms with Crippen LogP contribution < -0.4 is 10.6 Å². The molecule has 19 heavy (non-hydrogen) atoms. The molecular weight excluding hydrogens is 353 g/mol. The molecule has 0 aromatic rings. The van der Waals surface area contributed by atoms with Crippen LogP contribution in [0.25, 0.3) is 0 Å². The highest BCUT2D eigenvalue weighted by Crippen LogP contribution is 2.62. The van der Waals surface area contributed by atoms with Crippen molar-refractivity contribution in [3.05, 3.63) is 12.7 Å². The molecule has 0 bridgehead atoms. The Labute approximate surface area is 132 Å². The van der Waals surface area contributed by atoms with Gasteiger partial charge in [-0.2, -0.15) is 0 Å². The van der Waals surface area contributed by atoms with Gasteiger partial charge >= 0.3 is 0 Å². The van der Waals surface area contributed by atoms with Gasteiger partial charge in [-0.05, 0) is 19.3 Å². The molecule has 1 heterocycles. The first-order chi connectivity index (χ1) is 8.81. The Morgan fingerprint density at radius 3 is 2.89 bits per heavy atom. The van der Waals surface area contributed by atoms with E-state index in [0.717, 1.165) is 19.1 Å². The summed E-state index contributed by atoms with van der Waals surface area (Å²) >= 11 is 0. The topological polar surface area (TPSA) is 45.7 Å². The number of halogens is 1. The second-order valence-electron chi connectivity index (χ2n) is 5.69. The van der Waals surface area contributed by atoms with E-state index < -0.39 is 0 Å². The lowest BCUT2D eigenvalue weighted by Crippen LogP contribution is -2.72. The van der Waals surface area contributed by atoms with Crippen LogP contribution in [0.5, 0.6) is 0 Å². The molecule has 3 fully saturated rings. The quantitative estimate of drug-likeness (QED) is 0.342. The molecule has 1 aliphatic heterocycles. The second kappa shape index (κ2) is 5.99. The highest BCUT2D eigenvalue weighted by atomic mass is 127. The highest BCUT2D eigenvalue weighted by molar-refractivity contribution is 14.0. The van der Waals surface area contributed by atoms with Gasteiger partial charge in [-0.15, -0.1) is 30.6 Å². The summed E-state index contributed by atoms with van der Waals surface area (Å²) in [4.78, 5) is 4.29. The van der Waals surface area contributed by atoms with E-state index in [-0.39, 0.29) is 24.0 Å². The van der Waals surface area contributed by atoms with Crippen LogP contribution in [0.3, 0.4) is 0 Å². The number of ether oxygens (including phenoxy) is 1. The molecule has 0 radical (unpaired) electrons. The van der Waals surface area contributed by atoms with E-state index in [1.165, 1.54) is 25.7 Å². The molecule has 3 rings (SSSR count). The summed E-state index contributed by atoms with van der Waals surface area (Å²) in [7, 11) is 1.83. The fourth-order valence-electron chi connectivity index (χ4n) is 3.97. The zero-order valence-electron chi connectivity index (χ0n) is 11.5. The van der Waals surface area contributed by atoms with Crippen molar-refractivity contribution in [3.63, 3.8) is 0 Å². The van der Waals surface area contributed by atoms with Crippen LogP contribution in [-0.4, -0.2) is 38.3 Å². The summed E-state index contributed by atoms with van der Waals surface area (Å²) in [6.07, 6.45) is 7.54. The first-order valence-electron chi connectivity index (χ1n) is 7.01. The Kier molecular flexibility index (Phi) is 4.76. The van der Waals surface area contributed by atoms with E-state index in [0.29, 0.717) is 23.5 Å². The van der Waals surface area contributed by atoms with Crippen molar-refractivity contribution < 1.29 is 4.74 Å². The van der Waals surface area contributed by atoms with Gasteiger partial charge in [0.05, 0.1) is 6.10 Å². The number of fused-ring (bicyclic) bond motifs is 2. The van der Waals surface area contributed by atoms with Gasteiger partial charge in [0.2, 0.25) is 0 Å². The Bertz CT molecular complexity index is 368. The minimum absolute atomic E-state index is 0. The van der Waals surface area contributed by atoms with Crippen LogP contribution in [0.15, 0.2) is 17.6 Å². The minimum Gasteiger partial charge on any atom is -0.377 e. The number of aliphatic imine (C=N–C) groups is 1. The summed E-state index contributed by atoms with van der Waals surface area (Å²) < 4.78 is 5.92. The van der Waals surface area contributed by atoms with Crippen molar-refractivity contribution in [1.29, 1.82) is 0 Å². The maximum absolute atomic E-state index is 5.92. The largest absolute Gasteiger partial charge is 0.377 e. The second-order valence-corrected chi connectivity index (χ2v) is 5.69. The first-order valence-corrected chi connectivity index (χ1v) is 7.01. The molecule has 2 N–H and O–H groups in total. The zero-order chi connectivity index (χ0) is 12.6. The number of guanidine groups is 1. The van der Waals surface area contributed by atoms with Crippen LogP contribution in [0.1, 0.15) is 25.7 Å². The van der Waals surface area contributed by atoms with Gasteiger partial charge in [0.15, 0.2) is 5.96 Å². The Hall–Kier alpha value is -0.300. The number of nitrogens with one attached hydrogen (secondary N) is 2. The monoisotopic (exact) mass is 377 g/mol. The van der Waals surface area contributed by atoms with Crippen LogP contribution >= 0.6 is 24.0 Å². The third-order valence-corrected chi connectivity index (χ3v) is 4.97. The van der Waals surface area contributed by atoms with E-state index in [1.807, 2.05) is 13.1 Å². The third kappa shape index (κ3) is 2.28. The highest BCUT2D eigenvalue weighted by Gasteiger charge is 2.66. The molecule has 2 saturated carbocycles. The van der Waals surface area contributed by atoms with Crippen molar-refractivity contribution in [2.75, 3.05) is 20.2 Å². The van der Waals surface area contributed by atoms with E-state index in [1.54, 1.807) is 0 Å². The van der Waals surface area contributed by atoms with Crippen molar-refractivity contribution >= 4 is 29.9 Å². The molecule has 1 spiro atoms. The Balaban J connectivity index is 0.00000133. The van der Waals surface area contributed by atoms with Gasteiger partial charge in [-0.1, -0.05) is 12.5 Å². The summed E-state index contributed by atoms with van der Waals surface area (Å²) in [5.74, 6) is 1.59. The average molecular weight is 377 g/mol. The fraction of sp³-hybridized carbons (Fsp3) is 0.786. The fourth-order valence-corrected chi connectivity index (χ4v) is 3.97. The predicted molar refractivity (Wildman–Crippen MR) is 88.0 cm³/mol. The number of hydrogen-bond donors (Lipinski definition) is 2. The maximum atomic E-state index is 5.92. The molecule has 4 nitrogen and oxygen atoms in total. The van der Waals surface area contributed by atoms with Crippen LogP contribution in [0.2, 0.25) is 0 Å². The van der Waals surface area contributed by atoms with Crippen LogP contribution in [0, 0.1) is 11.3 Å². The lowest BCUT2D eigenvalue weighted by Gasteiger charge is -2.63. The van der Waals surface area contributed by atoms with Gasteiger partial charge in [0.25, 0.3) is 0 Å². The van der Waals surface area contributed by atoms with Crippen molar-refractivity contribution in [2.45, 2.75) is 37.8 Å². The van der Waals surface area contributed by atoms with Gasteiger partial charge in [-0.3, -0.25) is 4.99 Å². The summed E-state index contributed by atoms with van der Waals surface area (Å²) in [5, 5.41) is 6.88. The molecular formula is C14H24IN3O. The molecule has 0 amide bonds. The summed E-state index contributed by atoms with van der Waals surface area (Å²) in [6.45, 7) is 5.42. The molecule has 3 aliphatic rings. The Morgan fingerprint density at radius 2 is 2.32 bits per heavy atom.